The van der Waals surface area contributed by atoms with Crippen LogP contribution in [0.2, 0.25) is 0 Å². The Morgan fingerprint density at radius 3 is 2.46 bits per heavy atom. The van der Waals surface area contributed by atoms with Gasteiger partial charge in [-0.05, 0) is 50.3 Å². The van der Waals surface area contributed by atoms with E-state index in [0.717, 1.165) is 36.5 Å². The van der Waals surface area contributed by atoms with Gasteiger partial charge in [-0.3, -0.25) is 4.79 Å². The molecule has 1 aliphatic heterocycles. The van der Waals surface area contributed by atoms with Crippen LogP contribution in [-0.4, -0.2) is 33.6 Å². The van der Waals surface area contributed by atoms with Gasteiger partial charge < -0.3 is 10.2 Å². The summed E-state index contributed by atoms with van der Waals surface area (Å²) in [5, 5.41) is 7.06. The fraction of sp³-hybridized carbons (Fsp3) is 0.409. The molecule has 2 aromatic heterocycles. The third-order valence-electron chi connectivity index (χ3n) is 4.83. The zero-order valence-electron chi connectivity index (χ0n) is 17.0. The zero-order valence-corrected chi connectivity index (χ0v) is 17.0. The van der Waals surface area contributed by atoms with Crippen molar-refractivity contribution < 1.29 is 4.79 Å². The first kappa shape index (κ1) is 19.9. The van der Waals surface area contributed by atoms with Gasteiger partial charge in [-0.1, -0.05) is 19.1 Å². The molecule has 0 bridgehead atoms. The lowest BCUT2D eigenvalue weighted by molar-refractivity contribution is -0.114. The van der Waals surface area contributed by atoms with Gasteiger partial charge in [-0.25, -0.2) is 4.98 Å². The van der Waals surface area contributed by atoms with Crippen LogP contribution >= 0.6 is 0 Å². The van der Waals surface area contributed by atoms with Crippen molar-refractivity contribution in [2.45, 2.75) is 46.5 Å². The fourth-order valence-electron chi connectivity index (χ4n) is 3.39. The minimum atomic E-state index is -0.0285. The average molecular weight is 380 g/mol. The number of carbonyl (C=O) groups excluding carboxylic acids is 1. The van der Waals surface area contributed by atoms with E-state index < -0.39 is 0 Å². The number of aryl methyl sites for hydroxylation is 2. The first-order valence-corrected chi connectivity index (χ1v) is 9.99. The number of anilines is 2. The summed E-state index contributed by atoms with van der Waals surface area (Å²) in [5.41, 5.74) is 4.15. The second-order valence-corrected chi connectivity index (χ2v) is 7.14. The predicted octanol–water partition coefficient (Wildman–Crippen LogP) is 4.24. The number of amides is 1. The van der Waals surface area contributed by atoms with Crippen LogP contribution in [0.1, 0.15) is 44.4 Å². The first-order valence-electron chi connectivity index (χ1n) is 9.99. The van der Waals surface area contributed by atoms with Gasteiger partial charge in [0.25, 0.3) is 0 Å². The van der Waals surface area contributed by atoms with Crippen LogP contribution in [0.3, 0.4) is 0 Å². The number of fused-ring (bicyclic) bond motifs is 1. The maximum Gasteiger partial charge on any atom is 0.221 e. The summed E-state index contributed by atoms with van der Waals surface area (Å²) in [5.74, 6) is 1.16. The molecule has 6 heteroatoms. The van der Waals surface area contributed by atoms with Gasteiger partial charge in [0.15, 0.2) is 5.65 Å². The molecular weight excluding hydrogens is 350 g/mol. The van der Waals surface area contributed by atoms with Crippen LogP contribution < -0.4 is 10.2 Å². The Kier molecular flexibility index (Phi) is 6.63. The molecule has 4 rings (SSSR count). The second kappa shape index (κ2) is 9.35. The number of nitrogens with one attached hydrogen (secondary N) is 1. The molecule has 1 aromatic carbocycles. The van der Waals surface area contributed by atoms with E-state index in [-0.39, 0.29) is 5.91 Å². The summed E-state index contributed by atoms with van der Waals surface area (Å²) in [6.45, 7) is 7.93. The third kappa shape index (κ3) is 5.09. The van der Waals surface area contributed by atoms with Gasteiger partial charge in [0, 0.05) is 43.5 Å². The number of hydrogen-bond acceptors (Lipinski definition) is 4. The maximum absolute atomic E-state index is 10.7. The molecule has 0 unspecified atom stereocenters. The molecule has 0 aliphatic carbocycles. The Morgan fingerprint density at radius 2 is 1.82 bits per heavy atom. The van der Waals surface area contributed by atoms with Crippen molar-refractivity contribution in [1.82, 2.24) is 14.6 Å². The summed E-state index contributed by atoms with van der Waals surface area (Å²) in [4.78, 5) is 17.5. The molecule has 1 N–H and O–H groups in total. The topological polar surface area (TPSA) is 62.5 Å². The number of hydrogen-bond donors (Lipinski definition) is 1. The summed E-state index contributed by atoms with van der Waals surface area (Å²) in [6.07, 6.45) is 6.76. The lowest BCUT2D eigenvalue weighted by Crippen LogP contribution is -2.31. The molecular formula is C22H29N5O. The van der Waals surface area contributed by atoms with Gasteiger partial charge in [0.1, 0.15) is 5.82 Å². The summed E-state index contributed by atoms with van der Waals surface area (Å²) in [6, 6.07) is 12.0. The summed E-state index contributed by atoms with van der Waals surface area (Å²) >= 11 is 0. The highest BCUT2D eigenvalue weighted by Gasteiger charge is 2.15. The van der Waals surface area contributed by atoms with Crippen LogP contribution in [0.25, 0.3) is 5.65 Å². The maximum atomic E-state index is 10.7. The molecule has 3 heterocycles. The molecule has 0 radical (unpaired) electrons. The Labute approximate surface area is 166 Å². The monoisotopic (exact) mass is 379 g/mol. The van der Waals surface area contributed by atoms with E-state index in [4.69, 9.17) is 0 Å². The van der Waals surface area contributed by atoms with E-state index in [1.807, 2.05) is 48.0 Å². The highest BCUT2D eigenvalue weighted by Crippen LogP contribution is 2.21. The molecule has 1 fully saturated rings. The number of nitrogens with zero attached hydrogens (tertiary/aromatic N) is 4. The van der Waals surface area contributed by atoms with E-state index in [2.05, 4.69) is 33.3 Å². The van der Waals surface area contributed by atoms with Crippen molar-refractivity contribution >= 4 is 23.1 Å². The van der Waals surface area contributed by atoms with Gasteiger partial charge in [-0.15, -0.1) is 0 Å². The largest absolute Gasteiger partial charge is 0.356 e. The molecule has 148 valence electrons. The predicted molar refractivity (Wildman–Crippen MR) is 114 cm³/mol. The lowest BCUT2D eigenvalue weighted by Gasteiger charge is -2.28. The highest BCUT2D eigenvalue weighted by molar-refractivity contribution is 5.88. The van der Waals surface area contributed by atoms with Crippen molar-refractivity contribution in [3.05, 3.63) is 53.9 Å². The Hall–Kier alpha value is -2.89. The van der Waals surface area contributed by atoms with E-state index >= 15 is 0 Å². The van der Waals surface area contributed by atoms with Crippen molar-refractivity contribution in [2.24, 2.45) is 0 Å². The van der Waals surface area contributed by atoms with Crippen LogP contribution in [0.15, 0.2) is 42.6 Å². The number of aromatic nitrogens is 3. The number of carbonyl (C=O) groups is 1. The molecule has 1 aliphatic rings. The lowest BCUT2D eigenvalue weighted by atomic mass is 10.1. The normalized spacial score (nSPS) is 13.8. The van der Waals surface area contributed by atoms with E-state index in [9.17, 15) is 4.79 Å². The molecule has 6 nitrogen and oxygen atoms in total. The van der Waals surface area contributed by atoms with E-state index in [0.29, 0.717) is 0 Å². The van der Waals surface area contributed by atoms with Gasteiger partial charge in [-0.2, -0.15) is 9.61 Å². The Morgan fingerprint density at radius 1 is 1.11 bits per heavy atom. The van der Waals surface area contributed by atoms with Crippen LogP contribution in [0.5, 0.6) is 0 Å². The van der Waals surface area contributed by atoms with Gasteiger partial charge in [0.05, 0.1) is 6.20 Å². The van der Waals surface area contributed by atoms with Crippen LogP contribution in [0, 0.1) is 6.92 Å². The average Bonchev–Trinajstić information content (AvgIpc) is 3.17. The van der Waals surface area contributed by atoms with Crippen molar-refractivity contribution in [2.75, 3.05) is 23.3 Å². The highest BCUT2D eigenvalue weighted by atomic mass is 16.1. The second-order valence-electron chi connectivity index (χ2n) is 7.14. The Bertz CT molecular complexity index is 910. The van der Waals surface area contributed by atoms with Crippen molar-refractivity contribution in [3.8, 4) is 0 Å². The minimum absolute atomic E-state index is 0.0285. The van der Waals surface area contributed by atoms with Crippen LogP contribution in [0.4, 0.5) is 11.5 Å². The molecule has 0 atom stereocenters. The summed E-state index contributed by atoms with van der Waals surface area (Å²) in [7, 11) is 0. The smallest absolute Gasteiger partial charge is 0.221 e. The van der Waals surface area contributed by atoms with Gasteiger partial charge in [0.2, 0.25) is 5.91 Å². The quantitative estimate of drug-likeness (QED) is 0.739. The number of piperidine rings is 1. The SMILES string of the molecule is CCc1ccc(NC(C)=O)cc1.Cc1cc(N2CCCCC2)n2nccc2n1. The van der Waals surface area contributed by atoms with E-state index in [1.165, 1.54) is 37.6 Å². The molecule has 3 aromatic rings. The minimum Gasteiger partial charge on any atom is -0.356 e. The molecule has 28 heavy (non-hydrogen) atoms. The molecule has 1 amide bonds. The van der Waals surface area contributed by atoms with Crippen molar-refractivity contribution in [3.63, 3.8) is 0 Å². The standard InChI is InChI=1S/C12H16N4.C10H13NO/c1-10-9-12(15-7-3-2-4-8-15)16-11(14-10)5-6-13-16;1-3-9-4-6-10(7-5-9)11-8(2)12/h5-6,9H,2-4,7-8H2,1H3;4-7H,3H2,1-2H3,(H,11,12). The van der Waals surface area contributed by atoms with E-state index in [1.54, 1.807) is 0 Å². The molecule has 0 spiro atoms. The number of rotatable bonds is 3. The summed E-state index contributed by atoms with van der Waals surface area (Å²) < 4.78 is 1.94. The molecule has 0 saturated carbocycles. The fourth-order valence-corrected chi connectivity index (χ4v) is 3.39. The number of benzene rings is 1. The van der Waals surface area contributed by atoms with Gasteiger partial charge >= 0.3 is 0 Å². The Balaban J connectivity index is 0.000000169. The van der Waals surface area contributed by atoms with Crippen LogP contribution in [-0.2, 0) is 11.2 Å². The van der Waals surface area contributed by atoms with Crippen molar-refractivity contribution in [1.29, 1.82) is 0 Å². The molecule has 1 saturated heterocycles. The zero-order chi connectivity index (χ0) is 19.9. The third-order valence-corrected chi connectivity index (χ3v) is 4.83. The first-order chi connectivity index (χ1) is 13.6.